The molecule has 0 heterocycles. The molecule has 1 N–H and O–H groups in total. The van der Waals surface area contributed by atoms with Crippen molar-refractivity contribution in [1.29, 1.82) is 0 Å². The number of carbonyl (C=O) groups excluding carboxylic acids is 1. The molecule has 0 radical (unpaired) electrons. The van der Waals surface area contributed by atoms with Gasteiger partial charge in [-0.25, -0.2) is 5.43 Å². The number of amides is 1. The van der Waals surface area contributed by atoms with Crippen LogP contribution in [-0.4, -0.2) is 39.6 Å². The Morgan fingerprint density at radius 2 is 1.83 bits per heavy atom. The minimum atomic E-state index is -0.388. The molecule has 0 atom stereocenters. The third-order valence-electron chi connectivity index (χ3n) is 3.81. The number of halogens is 1. The molecule has 0 aliphatic rings. The van der Waals surface area contributed by atoms with Crippen LogP contribution in [0.4, 0.5) is 0 Å². The summed E-state index contributed by atoms with van der Waals surface area (Å²) in [5, 5.41) is 4.41. The molecule has 0 bridgehead atoms. The minimum absolute atomic E-state index is 0.385. The molecule has 0 fully saturated rings. The summed E-state index contributed by atoms with van der Waals surface area (Å²) in [4.78, 5) is 12.3. The van der Waals surface area contributed by atoms with Crippen molar-refractivity contribution in [2.45, 2.75) is 20.3 Å². The van der Waals surface area contributed by atoms with E-state index in [4.69, 9.17) is 30.5 Å². The van der Waals surface area contributed by atoms with Crippen molar-refractivity contribution >= 4 is 23.7 Å². The summed E-state index contributed by atoms with van der Waals surface area (Å²) in [5.41, 5.74) is 3.52. The maximum Gasteiger partial charge on any atom is 0.271 e. The molecular weight excluding hydrogens is 396 g/mol. The summed E-state index contributed by atoms with van der Waals surface area (Å²) in [6.07, 6.45) is 2.34. The second-order valence-corrected chi connectivity index (χ2v) is 6.29. The summed E-state index contributed by atoms with van der Waals surface area (Å²) in [6.45, 7) is 4.89. The van der Waals surface area contributed by atoms with Gasteiger partial charge in [0, 0.05) is 5.56 Å². The van der Waals surface area contributed by atoms with Gasteiger partial charge in [0.2, 0.25) is 0 Å². The largest absolute Gasteiger partial charge is 0.493 e. The van der Waals surface area contributed by atoms with Gasteiger partial charge in [0.1, 0.15) is 0 Å². The van der Waals surface area contributed by atoms with Crippen molar-refractivity contribution in [3.05, 3.63) is 46.5 Å². The Hall–Kier alpha value is -2.93. The van der Waals surface area contributed by atoms with E-state index in [1.54, 1.807) is 30.3 Å². The maximum atomic E-state index is 12.3. The Morgan fingerprint density at radius 1 is 1.07 bits per heavy atom. The molecule has 0 unspecified atom stereocenters. The number of nitrogens with zero attached hydrogens (tertiary/aromatic N) is 1. The van der Waals surface area contributed by atoms with Gasteiger partial charge in [0.05, 0.1) is 38.7 Å². The van der Waals surface area contributed by atoms with Crippen LogP contribution in [0.3, 0.4) is 0 Å². The number of benzene rings is 2. The summed E-state index contributed by atoms with van der Waals surface area (Å²) >= 11 is 6.33. The molecule has 0 saturated carbocycles. The average Bonchev–Trinajstić information content (AvgIpc) is 2.72. The Labute approximate surface area is 175 Å². The van der Waals surface area contributed by atoms with Crippen LogP contribution in [0, 0.1) is 0 Å². The van der Waals surface area contributed by atoms with Gasteiger partial charge < -0.3 is 18.9 Å². The van der Waals surface area contributed by atoms with Gasteiger partial charge in [-0.2, -0.15) is 5.10 Å². The highest BCUT2D eigenvalue weighted by atomic mass is 35.5. The summed E-state index contributed by atoms with van der Waals surface area (Å²) in [5.74, 6) is 1.64. The van der Waals surface area contributed by atoms with Crippen LogP contribution < -0.4 is 24.4 Å². The summed E-state index contributed by atoms with van der Waals surface area (Å²) in [6, 6.07) is 8.30. The number of hydrogen-bond donors (Lipinski definition) is 1. The Morgan fingerprint density at radius 3 is 2.48 bits per heavy atom. The van der Waals surface area contributed by atoms with Gasteiger partial charge >= 0.3 is 0 Å². The molecule has 0 aromatic heterocycles. The van der Waals surface area contributed by atoms with Crippen molar-refractivity contribution in [2.24, 2.45) is 5.10 Å². The molecule has 0 aliphatic heterocycles. The van der Waals surface area contributed by atoms with Crippen LogP contribution >= 0.6 is 11.6 Å². The average molecular weight is 421 g/mol. The number of ether oxygens (including phenoxy) is 4. The second-order valence-electron chi connectivity index (χ2n) is 5.88. The number of rotatable bonds is 10. The molecule has 0 aliphatic carbocycles. The van der Waals surface area contributed by atoms with Crippen LogP contribution in [0.2, 0.25) is 5.02 Å². The van der Waals surface area contributed by atoms with Crippen LogP contribution in [0.15, 0.2) is 35.4 Å². The maximum absolute atomic E-state index is 12.3. The van der Waals surface area contributed by atoms with Gasteiger partial charge in [0.15, 0.2) is 23.0 Å². The Kier molecular flexibility index (Phi) is 8.61. The smallest absolute Gasteiger partial charge is 0.271 e. The lowest BCUT2D eigenvalue weighted by molar-refractivity contribution is 0.0954. The Balaban J connectivity index is 2.14. The first-order chi connectivity index (χ1) is 14.0. The van der Waals surface area contributed by atoms with Gasteiger partial charge in [0.25, 0.3) is 5.91 Å². The SMILES string of the molecule is CCCOc1c(Cl)cc(/C=N\NC(=O)c2ccc(OC)c(OC)c2)cc1OCC. The third-order valence-corrected chi connectivity index (χ3v) is 4.09. The van der Waals surface area contributed by atoms with Crippen LogP contribution in [0.25, 0.3) is 0 Å². The number of methoxy groups -OCH3 is 2. The number of carbonyl (C=O) groups is 1. The normalized spacial score (nSPS) is 10.7. The quantitative estimate of drug-likeness (QED) is 0.457. The van der Waals surface area contributed by atoms with Crippen molar-refractivity contribution in [3.8, 4) is 23.0 Å². The lowest BCUT2D eigenvalue weighted by atomic mass is 10.2. The van der Waals surface area contributed by atoms with Crippen molar-refractivity contribution in [1.82, 2.24) is 5.43 Å². The first-order valence-corrected chi connectivity index (χ1v) is 9.56. The van der Waals surface area contributed by atoms with E-state index < -0.39 is 0 Å². The fourth-order valence-electron chi connectivity index (χ4n) is 2.48. The van der Waals surface area contributed by atoms with Crippen LogP contribution in [-0.2, 0) is 0 Å². The highest BCUT2D eigenvalue weighted by molar-refractivity contribution is 6.32. The van der Waals surface area contributed by atoms with Crippen molar-refractivity contribution in [2.75, 3.05) is 27.4 Å². The van der Waals surface area contributed by atoms with E-state index >= 15 is 0 Å². The number of hydrogen-bond acceptors (Lipinski definition) is 6. The van der Waals surface area contributed by atoms with E-state index in [1.807, 2.05) is 13.8 Å². The van der Waals surface area contributed by atoms with E-state index in [9.17, 15) is 4.79 Å². The predicted molar refractivity (Wildman–Crippen MR) is 113 cm³/mol. The molecule has 0 saturated heterocycles. The highest BCUT2D eigenvalue weighted by Crippen LogP contribution is 2.36. The molecule has 1 amide bonds. The van der Waals surface area contributed by atoms with E-state index in [1.165, 1.54) is 20.4 Å². The van der Waals surface area contributed by atoms with Gasteiger partial charge in [-0.05, 0) is 49.2 Å². The fraction of sp³-hybridized carbons (Fsp3) is 0.333. The zero-order valence-electron chi connectivity index (χ0n) is 17.0. The fourth-order valence-corrected chi connectivity index (χ4v) is 2.75. The molecule has 0 spiro atoms. The molecular formula is C21H25ClN2O5. The topological polar surface area (TPSA) is 78.4 Å². The van der Waals surface area contributed by atoms with E-state index in [-0.39, 0.29) is 5.91 Å². The lowest BCUT2D eigenvalue weighted by Crippen LogP contribution is -2.17. The standard InChI is InChI=1S/C21H25ClN2O5/c1-5-9-29-20-16(22)10-14(11-19(20)28-6-2)13-23-24-21(25)15-7-8-17(26-3)18(12-15)27-4/h7-8,10-13H,5-6,9H2,1-4H3,(H,24,25)/b23-13-. The molecule has 29 heavy (non-hydrogen) atoms. The zero-order valence-corrected chi connectivity index (χ0v) is 17.7. The first-order valence-electron chi connectivity index (χ1n) is 9.18. The highest BCUT2D eigenvalue weighted by Gasteiger charge is 2.13. The summed E-state index contributed by atoms with van der Waals surface area (Å²) in [7, 11) is 3.04. The van der Waals surface area contributed by atoms with E-state index in [0.717, 1.165) is 6.42 Å². The molecule has 2 aromatic rings. The van der Waals surface area contributed by atoms with Crippen molar-refractivity contribution in [3.63, 3.8) is 0 Å². The van der Waals surface area contributed by atoms with Crippen LogP contribution in [0.5, 0.6) is 23.0 Å². The summed E-state index contributed by atoms with van der Waals surface area (Å²) < 4.78 is 21.7. The zero-order chi connectivity index (χ0) is 21.2. The molecule has 2 aromatic carbocycles. The Bertz CT molecular complexity index is 870. The predicted octanol–water partition coefficient (Wildman–Crippen LogP) is 4.31. The molecule has 7 nitrogen and oxygen atoms in total. The number of nitrogens with one attached hydrogen (secondary N) is 1. The van der Waals surface area contributed by atoms with E-state index in [2.05, 4.69) is 10.5 Å². The monoisotopic (exact) mass is 420 g/mol. The van der Waals surface area contributed by atoms with Gasteiger partial charge in [-0.1, -0.05) is 18.5 Å². The first kappa shape index (κ1) is 22.4. The second kappa shape index (κ2) is 11.2. The van der Waals surface area contributed by atoms with Gasteiger partial charge in [-0.15, -0.1) is 0 Å². The molecule has 156 valence electrons. The minimum Gasteiger partial charge on any atom is -0.493 e. The third kappa shape index (κ3) is 6.02. The number of hydrazone groups is 1. The molecule has 2 rings (SSSR count). The van der Waals surface area contributed by atoms with Crippen molar-refractivity contribution < 1.29 is 23.7 Å². The molecule has 8 heteroatoms. The lowest BCUT2D eigenvalue weighted by Gasteiger charge is -2.13. The van der Waals surface area contributed by atoms with Crippen LogP contribution in [0.1, 0.15) is 36.2 Å². The van der Waals surface area contributed by atoms with Gasteiger partial charge in [-0.3, -0.25) is 4.79 Å². The van der Waals surface area contributed by atoms with E-state index in [0.29, 0.717) is 52.4 Å².